The number of rotatable bonds is 3. The zero-order valence-electron chi connectivity index (χ0n) is 20.5. The van der Waals surface area contributed by atoms with Gasteiger partial charge in [-0.3, -0.25) is 14.9 Å². The van der Waals surface area contributed by atoms with Crippen LogP contribution in [-0.2, 0) is 19.7 Å². The number of carbonyl (C=O) groups excluding carboxylic acids is 2. The molecule has 0 bridgehead atoms. The van der Waals surface area contributed by atoms with Gasteiger partial charge in [0.1, 0.15) is 17.1 Å². The van der Waals surface area contributed by atoms with Gasteiger partial charge in [0.15, 0.2) is 0 Å². The summed E-state index contributed by atoms with van der Waals surface area (Å²) in [6, 6.07) is 11.8. The van der Waals surface area contributed by atoms with Crippen LogP contribution in [0, 0.1) is 5.41 Å². The summed E-state index contributed by atoms with van der Waals surface area (Å²) in [5.74, 6) is -1.07. The van der Waals surface area contributed by atoms with E-state index in [1.807, 2.05) is 45.0 Å². The van der Waals surface area contributed by atoms with Crippen LogP contribution in [0.1, 0.15) is 65.0 Å². The van der Waals surface area contributed by atoms with Crippen LogP contribution in [0.15, 0.2) is 42.5 Å². The summed E-state index contributed by atoms with van der Waals surface area (Å²) in [7, 11) is 0. The monoisotopic (exact) mass is 502 g/mol. The summed E-state index contributed by atoms with van der Waals surface area (Å²) in [5.41, 5.74) is 0.498. The molecule has 1 fully saturated rings. The van der Waals surface area contributed by atoms with Crippen molar-refractivity contribution in [2.75, 3.05) is 5.32 Å². The Balaban J connectivity index is 1.98. The van der Waals surface area contributed by atoms with Gasteiger partial charge in [0.2, 0.25) is 5.91 Å². The van der Waals surface area contributed by atoms with Crippen molar-refractivity contribution in [3.63, 3.8) is 0 Å². The van der Waals surface area contributed by atoms with Crippen LogP contribution in [0.4, 0.5) is 5.69 Å². The van der Waals surface area contributed by atoms with Crippen LogP contribution in [-0.4, -0.2) is 29.6 Å². The van der Waals surface area contributed by atoms with Gasteiger partial charge in [0, 0.05) is 27.7 Å². The van der Waals surface area contributed by atoms with Crippen molar-refractivity contribution in [2.45, 2.75) is 77.0 Å². The van der Waals surface area contributed by atoms with Gasteiger partial charge in [-0.1, -0.05) is 62.2 Å². The van der Waals surface area contributed by atoms with Crippen molar-refractivity contribution in [2.24, 2.45) is 5.41 Å². The van der Waals surface area contributed by atoms with E-state index in [1.165, 1.54) is 0 Å². The molecule has 2 aliphatic rings. The van der Waals surface area contributed by atoms with Crippen molar-refractivity contribution in [3.05, 3.63) is 63.6 Å². The van der Waals surface area contributed by atoms with Gasteiger partial charge in [-0.25, -0.2) is 0 Å². The van der Waals surface area contributed by atoms with E-state index >= 15 is 0 Å². The molecule has 4 rings (SSSR count). The first-order chi connectivity index (χ1) is 15.7. The fourth-order valence-corrected chi connectivity index (χ4v) is 5.84. The topological polar surface area (TPSA) is 67.4 Å². The minimum Gasteiger partial charge on any atom is -0.459 e. The molecule has 182 valence electrons. The number of anilines is 1. The lowest BCUT2D eigenvalue weighted by Crippen LogP contribution is -2.49. The highest BCUT2D eigenvalue weighted by Gasteiger charge is 2.66. The van der Waals surface area contributed by atoms with E-state index in [0.29, 0.717) is 22.2 Å². The lowest BCUT2D eigenvalue weighted by molar-refractivity contribution is -0.157. The van der Waals surface area contributed by atoms with E-state index in [-0.39, 0.29) is 23.3 Å². The minimum atomic E-state index is -1.04. The highest BCUT2D eigenvalue weighted by Crippen LogP contribution is 2.57. The Morgan fingerprint density at radius 2 is 1.71 bits per heavy atom. The minimum absolute atomic E-state index is 0.109. The highest BCUT2D eigenvalue weighted by molar-refractivity contribution is 6.31. The van der Waals surface area contributed by atoms with E-state index in [9.17, 15) is 9.59 Å². The Labute approximate surface area is 211 Å². The van der Waals surface area contributed by atoms with Crippen molar-refractivity contribution in [1.29, 1.82) is 0 Å². The van der Waals surface area contributed by atoms with Crippen LogP contribution in [0.25, 0.3) is 0 Å². The SMILES string of the molecule is CC(C)(C)C[C@@H]1NC(C(=O)OC(C)(C)C)[C@H](c2cccc(Cl)c2)[C@]12C(=O)Nc1cc(Cl)ccc12. The second kappa shape index (κ2) is 8.54. The Morgan fingerprint density at radius 1 is 1.03 bits per heavy atom. The molecule has 2 heterocycles. The van der Waals surface area contributed by atoms with Gasteiger partial charge in [0.05, 0.1) is 0 Å². The molecule has 2 aliphatic heterocycles. The maximum absolute atomic E-state index is 14.0. The van der Waals surface area contributed by atoms with Gasteiger partial charge in [-0.05, 0) is 68.0 Å². The van der Waals surface area contributed by atoms with Crippen molar-refractivity contribution < 1.29 is 14.3 Å². The van der Waals surface area contributed by atoms with Gasteiger partial charge in [-0.15, -0.1) is 0 Å². The average molecular weight is 503 g/mol. The van der Waals surface area contributed by atoms with E-state index in [1.54, 1.807) is 18.2 Å². The molecule has 0 aromatic heterocycles. The number of benzene rings is 2. The average Bonchev–Trinajstić information content (AvgIpc) is 3.15. The molecule has 2 N–H and O–H groups in total. The fourth-order valence-electron chi connectivity index (χ4n) is 5.46. The van der Waals surface area contributed by atoms with Crippen LogP contribution in [0.5, 0.6) is 0 Å². The van der Waals surface area contributed by atoms with Crippen molar-refractivity contribution >= 4 is 40.8 Å². The predicted octanol–water partition coefficient (Wildman–Crippen LogP) is 6.09. The Bertz CT molecular complexity index is 1140. The molecular formula is C27H32Cl2N2O3. The van der Waals surface area contributed by atoms with Crippen LogP contribution in [0.3, 0.4) is 0 Å². The van der Waals surface area contributed by atoms with E-state index in [2.05, 4.69) is 31.4 Å². The Hall–Kier alpha value is -2.08. The summed E-state index contributed by atoms with van der Waals surface area (Å²) in [5, 5.41) is 7.69. The molecule has 1 spiro atoms. The number of ether oxygens (including phenoxy) is 1. The molecule has 2 aromatic carbocycles. The Kier molecular flexibility index (Phi) is 6.29. The van der Waals surface area contributed by atoms with Crippen LogP contribution in [0.2, 0.25) is 10.0 Å². The van der Waals surface area contributed by atoms with Crippen molar-refractivity contribution in [1.82, 2.24) is 5.32 Å². The zero-order valence-corrected chi connectivity index (χ0v) is 22.0. The number of carbonyl (C=O) groups is 2. The summed E-state index contributed by atoms with van der Waals surface area (Å²) < 4.78 is 5.84. The lowest BCUT2D eigenvalue weighted by atomic mass is 9.62. The molecule has 1 saturated heterocycles. The molecule has 2 aromatic rings. The standard InChI is InChI=1S/C27H32Cl2N2O3/c1-25(2,3)14-20-27(18-11-10-17(29)13-19(18)30-24(27)33)21(15-8-7-9-16(28)12-15)22(31-20)23(32)34-26(4,5)6/h7-13,20-22,31H,14H2,1-6H3,(H,30,33)/t20-,21-,22?,27+/m0/s1. The number of nitrogens with one attached hydrogen (secondary N) is 2. The third-order valence-electron chi connectivity index (χ3n) is 6.49. The molecule has 5 nitrogen and oxygen atoms in total. The fraction of sp³-hybridized carbons (Fsp3) is 0.481. The van der Waals surface area contributed by atoms with Crippen LogP contribution >= 0.6 is 23.2 Å². The maximum atomic E-state index is 14.0. The number of hydrogen-bond donors (Lipinski definition) is 2. The van der Waals surface area contributed by atoms with Gasteiger partial charge in [-0.2, -0.15) is 0 Å². The molecule has 34 heavy (non-hydrogen) atoms. The second-order valence-corrected chi connectivity index (χ2v) is 12.4. The summed E-state index contributed by atoms with van der Waals surface area (Å²) in [6.45, 7) is 11.9. The van der Waals surface area contributed by atoms with Crippen LogP contribution < -0.4 is 10.6 Å². The molecule has 1 amide bonds. The summed E-state index contributed by atoms with van der Waals surface area (Å²) in [4.78, 5) is 27.6. The first-order valence-electron chi connectivity index (χ1n) is 11.6. The first kappa shape index (κ1) is 25.0. The first-order valence-corrected chi connectivity index (χ1v) is 12.3. The molecule has 0 aliphatic carbocycles. The van der Waals surface area contributed by atoms with E-state index in [4.69, 9.17) is 27.9 Å². The Morgan fingerprint density at radius 3 is 2.32 bits per heavy atom. The smallest absolute Gasteiger partial charge is 0.324 e. The lowest BCUT2D eigenvalue weighted by Gasteiger charge is -2.37. The number of halogens is 2. The van der Waals surface area contributed by atoms with Crippen molar-refractivity contribution in [3.8, 4) is 0 Å². The van der Waals surface area contributed by atoms with E-state index < -0.39 is 23.0 Å². The molecule has 4 atom stereocenters. The predicted molar refractivity (Wildman–Crippen MR) is 137 cm³/mol. The molecule has 0 radical (unpaired) electrons. The summed E-state index contributed by atoms with van der Waals surface area (Å²) in [6.07, 6.45) is 0.666. The number of esters is 1. The summed E-state index contributed by atoms with van der Waals surface area (Å²) >= 11 is 12.7. The molecule has 1 unspecified atom stereocenters. The highest BCUT2D eigenvalue weighted by atomic mass is 35.5. The number of fused-ring (bicyclic) bond motifs is 2. The van der Waals surface area contributed by atoms with Gasteiger partial charge in [0.25, 0.3) is 0 Å². The molecule has 0 saturated carbocycles. The zero-order chi connectivity index (χ0) is 25.1. The third kappa shape index (κ3) is 4.46. The van der Waals surface area contributed by atoms with E-state index in [0.717, 1.165) is 11.1 Å². The molecular weight excluding hydrogens is 471 g/mol. The second-order valence-electron chi connectivity index (χ2n) is 11.5. The third-order valence-corrected chi connectivity index (χ3v) is 6.96. The number of hydrogen-bond acceptors (Lipinski definition) is 4. The quantitative estimate of drug-likeness (QED) is 0.498. The largest absolute Gasteiger partial charge is 0.459 e. The number of amides is 1. The van der Waals surface area contributed by atoms with Gasteiger partial charge < -0.3 is 10.1 Å². The normalized spacial score (nSPS) is 26.5. The van der Waals surface area contributed by atoms with Gasteiger partial charge >= 0.3 is 5.97 Å². The molecule has 7 heteroatoms. The maximum Gasteiger partial charge on any atom is 0.324 e.